The number of piperidine rings is 1. The molecule has 0 bridgehead atoms. The molecule has 2 aromatic heterocycles. The van der Waals surface area contributed by atoms with Crippen LogP contribution in [0.15, 0.2) is 41.3 Å². The Labute approximate surface area is 193 Å². The highest BCUT2D eigenvalue weighted by Crippen LogP contribution is 2.20. The van der Waals surface area contributed by atoms with Gasteiger partial charge in [0, 0.05) is 30.7 Å². The molecule has 3 aromatic rings. The average Bonchev–Trinajstić information content (AvgIpc) is 2.78. The van der Waals surface area contributed by atoms with Crippen molar-refractivity contribution in [2.45, 2.75) is 47.1 Å². The largest absolute Gasteiger partial charge is 0.338 e. The topological polar surface area (TPSA) is 84.3 Å². The number of nitrogens with zero attached hydrogens (tertiary/aromatic N) is 3. The highest BCUT2D eigenvalue weighted by molar-refractivity contribution is 5.98. The van der Waals surface area contributed by atoms with Crippen LogP contribution in [0.3, 0.4) is 0 Å². The zero-order valence-electron chi connectivity index (χ0n) is 19.6. The first-order valence-corrected chi connectivity index (χ1v) is 11.4. The number of amides is 2. The second kappa shape index (κ2) is 9.17. The van der Waals surface area contributed by atoms with E-state index in [1.165, 1.54) is 6.20 Å². The first kappa shape index (κ1) is 22.7. The number of hydrogen-bond acceptors (Lipinski definition) is 4. The Morgan fingerprint density at radius 3 is 2.55 bits per heavy atom. The summed E-state index contributed by atoms with van der Waals surface area (Å²) in [6, 6.07) is 9.31. The normalized spacial score (nSPS) is 14.5. The Morgan fingerprint density at radius 2 is 1.82 bits per heavy atom. The number of likely N-dealkylation sites (tertiary alicyclic amines) is 1. The molecule has 7 heteroatoms. The maximum absolute atomic E-state index is 13.2. The van der Waals surface area contributed by atoms with Crippen molar-refractivity contribution < 1.29 is 9.59 Å². The van der Waals surface area contributed by atoms with E-state index in [2.05, 4.69) is 17.2 Å². The van der Waals surface area contributed by atoms with E-state index < -0.39 is 0 Å². The number of nitrogens with one attached hydrogen (secondary N) is 1. The van der Waals surface area contributed by atoms with Crippen LogP contribution in [0.1, 0.15) is 46.9 Å². The molecule has 1 aliphatic rings. The molecule has 172 valence electrons. The summed E-state index contributed by atoms with van der Waals surface area (Å²) in [5.74, 6) is 0.0449. The van der Waals surface area contributed by atoms with E-state index in [0.717, 1.165) is 35.3 Å². The minimum atomic E-state index is -0.340. The molecule has 0 atom stereocenters. The van der Waals surface area contributed by atoms with Gasteiger partial charge in [-0.2, -0.15) is 0 Å². The molecule has 0 saturated carbocycles. The van der Waals surface area contributed by atoms with Gasteiger partial charge >= 0.3 is 0 Å². The van der Waals surface area contributed by atoms with Crippen molar-refractivity contribution in [1.29, 1.82) is 0 Å². The highest BCUT2D eigenvalue weighted by Gasteiger charge is 2.25. The van der Waals surface area contributed by atoms with Crippen molar-refractivity contribution in [3.8, 4) is 0 Å². The van der Waals surface area contributed by atoms with E-state index >= 15 is 0 Å². The van der Waals surface area contributed by atoms with Gasteiger partial charge in [-0.15, -0.1) is 0 Å². The van der Waals surface area contributed by atoms with Crippen LogP contribution >= 0.6 is 0 Å². The Balaban J connectivity index is 1.70. The summed E-state index contributed by atoms with van der Waals surface area (Å²) < 4.78 is 1.62. The van der Waals surface area contributed by atoms with E-state index in [1.807, 2.05) is 39.0 Å². The number of hydrogen-bond donors (Lipinski definition) is 1. The first-order valence-electron chi connectivity index (χ1n) is 11.4. The molecule has 4 rings (SSSR count). The van der Waals surface area contributed by atoms with Crippen LogP contribution in [0, 0.1) is 26.7 Å². The molecule has 0 aliphatic carbocycles. The second-order valence-electron chi connectivity index (χ2n) is 9.16. The van der Waals surface area contributed by atoms with Crippen molar-refractivity contribution >= 4 is 28.5 Å². The molecule has 0 unspecified atom stereocenters. The summed E-state index contributed by atoms with van der Waals surface area (Å²) in [6.07, 6.45) is 3.35. The number of rotatable bonds is 4. The SMILES string of the molecule is Cc1ccc(C)c(NC(=O)Cn2cc(C(=O)N3CCC(C)CC3)c(=O)c3ccc(C)nc32)c1. The lowest BCUT2D eigenvalue weighted by atomic mass is 9.98. The van der Waals surface area contributed by atoms with Crippen molar-refractivity contribution in [2.75, 3.05) is 18.4 Å². The molecular weight excluding hydrogens is 416 g/mol. The minimum Gasteiger partial charge on any atom is -0.338 e. The maximum atomic E-state index is 13.2. The molecule has 1 fully saturated rings. The zero-order valence-corrected chi connectivity index (χ0v) is 19.6. The predicted octanol–water partition coefficient (Wildman–Crippen LogP) is 3.83. The van der Waals surface area contributed by atoms with Crippen molar-refractivity contribution in [1.82, 2.24) is 14.5 Å². The fraction of sp³-hybridized carbons (Fsp3) is 0.385. The third kappa shape index (κ3) is 4.82. The van der Waals surface area contributed by atoms with Gasteiger partial charge in [-0.3, -0.25) is 14.4 Å². The molecule has 3 heterocycles. The minimum absolute atomic E-state index is 0.0576. The van der Waals surface area contributed by atoms with Gasteiger partial charge in [0.1, 0.15) is 17.8 Å². The Morgan fingerprint density at radius 1 is 1.09 bits per heavy atom. The smallest absolute Gasteiger partial charge is 0.259 e. The molecule has 33 heavy (non-hydrogen) atoms. The van der Waals surface area contributed by atoms with E-state index in [9.17, 15) is 14.4 Å². The van der Waals surface area contributed by atoms with Gasteiger partial charge in [-0.25, -0.2) is 4.98 Å². The van der Waals surface area contributed by atoms with Gasteiger partial charge < -0.3 is 14.8 Å². The van der Waals surface area contributed by atoms with Crippen LogP contribution in [0.4, 0.5) is 5.69 Å². The number of fused-ring (bicyclic) bond motifs is 1. The Hall–Kier alpha value is -3.48. The van der Waals surface area contributed by atoms with Gasteiger partial charge in [0.05, 0.1) is 5.39 Å². The summed E-state index contributed by atoms with van der Waals surface area (Å²) in [7, 11) is 0. The van der Waals surface area contributed by atoms with Crippen LogP contribution in [-0.4, -0.2) is 39.4 Å². The summed E-state index contributed by atoms with van der Waals surface area (Å²) in [5, 5.41) is 3.29. The standard InChI is InChI=1S/C26H30N4O3/c1-16-9-11-29(12-10-16)26(33)21-14-30(25-20(24(21)32)8-7-19(4)27-25)15-23(31)28-22-13-17(2)5-6-18(22)3/h5-8,13-14,16H,9-12,15H2,1-4H3,(H,28,31). The summed E-state index contributed by atoms with van der Waals surface area (Å²) in [4.78, 5) is 45.6. The zero-order chi connectivity index (χ0) is 23.7. The third-order valence-corrected chi connectivity index (χ3v) is 6.34. The van der Waals surface area contributed by atoms with Crippen LogP contribution < -0.4 is 10.7 Å². The molecule has 1 saturated heterocycles. The number of benzene rings is 1. The maximum Gasteiger partial charge on any atom is 0.259 e. The van der Waals surface area contributed by atoms with Gasteiger partial charge in [-0.1, -0.05) is 19.1 Å². The molecule has 1 aromatic carbocycles. The monoisotopic (exact) mass is 446 g/mol. The number of pyridine rings is 2. The third-order valence-electron chi connectivity index (χ3n) is 6.34. The fourth-order valence-corrected chi connectivity index (χ4v) is 4.23. The number of aromatic nitrogens is 2. The van der Waals surface area contributed by atoms with Crippen molar-refractivity contribution in [3.05, 3.63) is 69.1 Å². The molecular formula is C26H30N4O3. The van der Waals surface area contributed by atoms with Gasteiger partial charge in [0.25, 0.3) is 5.91 Å². The molecule has 0 spiro atoms. The fourth-order valence-electron chi connectivity index (χ4n) is 4.23. The first-order chi connectivity index (χ1) is 15.7. The molecule has 2 amide bonds. The lowest BCUT2D eigenvalue weighted by Gasteiger charge is -2.30. The molecule has 1 N–H and O–H groups in total. The predicted molar refractivity (Wildman–Crippen MR) is 130 cm³/mol. The van der Waals surface area contributed by atoms with Crippen molar-refractivity contribution in [2.24, 2.45) is 5.92 Å². The molecule has 0 radical (unpaired) electrons. The summed E-state index contributed by atoms with van der Waals surface area (Å²) in [6.45, 7) is 9.12. The van der Waals surface area contributed by atoms with Gasteiger partial charge in [-0.05, 0) is 68.9 Å². The van der Waals surface area contributed by atoms with E-state index in [-0.39, 0.29) is 29.4 Å². The Bertz CT molecular complexity index is 1290. The molecule has 7 nitrogen and oxygen atoms in total. The van der Waals surface area contributed by atoms with E-state index in [4.69, 9.17) is 0 Å². The quantitative estimate of drug-likeness (QED) is 0.660. The highest BCUT2D eigenvalue weighted by atomic mass is 16.2. The molecule has 1 aliphatic heterocycles. The lowest BCUT2D eigenvalue weighted by molar-refractivity contribution is -0.116. The van der Waals surface area contributed by atoms with Gasteiger partial charge in [0.15, 0.2) is 0 Å². The number of carbonyl (C=O) groups excluding carboxylic acids is 2. The van der Waals surface area contributed by atoms with Gasteiger partial charge in [0.2, 0.25) is 11.3 Å². The van der Waals surface area contributed by atoms with Crippen LogP contribution in [0.5, 0.6) is 0 Å². The number of carbonyl (C=O) groups is 2. The van der Waals surface area contributed by atoms with Crippen molar-refractivity contribution in [3.63, 3.8) is 0 Å². The number of anilines is 1. The second-order valence-corrected chi connectivity index (χ2v) is 9.16. The van der Waals surface area contributed by atoms with E-state index in [0.29, 0.717) is 30.0 Å². The van der Waals surface area contributed by atoms with Crippen LogP contribution in [-0.2, 0) is 11.3 Å². The van der Waals surface area contributed by atoms with E-state index in [1.54, 1.807) is 21.6 Å². The lowest BCUT2D eigenvalue weighted by Crippen LogP contribution is -2.40. The average molecular weight is 447 g/mol. The summed E-state index contributed by atoms with van der Waals surface area (Å²) >= 11 is 0. The summed E-state index contributed by atoms with van der Waals surface area (Å²) in [5.41, 5.74) is 3.63. The van der Waals surface area contributed by atoms with Crippen LogP contribution in [0.2, 0.25) is 0 Å². The Kier molecular flexibility index (Phi) is 6.31. The van der Waals surface area contributed by atoms with Crippen LogP contribution in [0.25, 0.3) is 11.0 Å². The number of aryl methyl sites for hydroxylation is 3.